The number of aromatic nitrogens is 3. The van der Waals surface area contributed by atoms with E-state index in [2.05, 4.69) is 21.7 Å². The lowest BCUT2D eigenvalue weighted by atomic mass is 10.1. The molecule has 0 fully saturated rings. The maximum absolute atomic E-state index is 6.25. The van der Waals surface area contributed by atoms with E-state index in [1.165, 1.54) is 0 Å². The van der Waals surface area contributed by atoms with Crippen LogP contribution in [0.4, 0.5) is 0 Å². The predicted octanol–water partition coefficient (Wildman–Crippen LogP) is 5.42. The minimum Gasteiger partial charge on any atom is -0.489 e. The normalized spacial score (nSPS) is 10.9. The summed E-state index contributed by atoms with van der Waals surface area (Å²) in [5, 5.41) is 4.48. The molecule has 0 aliphatic rings. The number of pyridine rings is 1. The lowest BCUT2D eigenvalue weighted by Gasteiger charge is -2.11. The van der Waals surface area contributed by atoms with Gasteiger partial charge in [0.25, 0.3) is 5.89 Å². The number of halogens is 1. The molecular formula is C21H22ClN3O3. The largest absolute Gasteiger partial charge is 0.489 e. The third-order valence-corrected chi connectivity index (χ3v) is 4.16. The summed E-state index contributed by atoms with van der Waals surface area (Å²) in [5.74, 6) is 2.03. The SMILES string of the molecule is C=CCOc1c(C)cc(-c2noc(-c3cnc(OC(C)C)c(Cl)c3)n2)cc1C. The van der Waals surface area contributed by atoms with Gasteiger partial charge < -0.3 is 14.0 Å². The lowest BCUT2D eigenvalue weighted by molar-refractivity contribution is 0.233. The van der Waals surface area contributed by atoms with E-state index >= 15 is 0 Å². The Morgan fingerprint density at radius 3 is 2.50 bits per heavy atom. The highest BCUT2D eigenvalue weighted by Gasteiger charge is 2.16. The Morgan fingerprint density at radius 1 is 1.18 bits per heavy atom. The average molecular weight is 400 g/mol. The summed E-state index contributed by atoms with van der Waals surface area (Å²) in [7, 11) is 0. The Kier molecular flexibility index (Phi) is 5.99. The second kappa shape index (κ2) is 8.44. The monoisotopic (exact) mass is 399 g/mol. The molecule has 0 aliphatic carbocycles. The van der Waals surface area contributed by atoms with Gasteiger partial charge in [-0.05, 0) is 57.0 Å². The number of nitrogens with zero attached hydrogens (tertiary/aromatic N) is 3. The van der Waals surface area contributed by atoms with E-state index in [1.54, 1.807) is 18.3 Å². The van der Waals surface area contributed by atoms with Gasteiger partial charge in [0.15, 0.2) is 0 Å². The van der Waals surface area contributed by atoms with Crippen molar-refractivity contribution in [2.45, 2.75) is 33.8 Å². The van der Waals surface area contributed by atoms with Crippen LogP contribution in [-0.4, -0.2) is 27.8 Å². The number of aryl methyl sites for hydroxylation is 2. The van der Waals surface area contributed by atoms with Crippen LogP contribution in [0.5, 0.6) is 11.6 Å². The van der Waals surface area contributed by atoms with Crippen LogP contribution in [0.15, 0.2) is 41.6 Å². The Hall–Kier alpha value is -2.86. The Morgan fingerprint density at radius 2 is 1.89 bits per heavy atom. The number of hydrogen-bond acceptors (Lipinski definition) is 6. The molecule has 0 unspecified atom stereocenters. The summed E-state index contributed by atoms with van der Waals surface area (Å²) >= 11 is 6.25. The average Bonchev–Trinajstić information content (AvgIpc) is 3.12. The van der Waals surface area contributed by atoms with Crippen LogP contribution in [0.1, 0.15) is 25.0 Å². The summed E-state index contributed by atoms with van der Waals surface area (Å²) in [6.45, 7) is 11.9. The molecule has 0 saturated heterocycles. The van der Waals surface area contributed by atoms with Gasteiger partial charge in [-0.3, -0.25) is 0 Å². The molecule has 28 heavy (non-hydrogen) atoms. The second-order valence-corrected chi connectivity index (χ2v) is 7.05. The van der Waals surface area contributed by atoms with E-state index in [1.807, 2.05) is 39.8 Å². The van der Waals surface area contributed by atoms with E-state index in [0.29, 0.717) is 34.8 Å². The van der Waals surface area contributed by atoms with Crippen molar-refractivity contribution >= 4 is 11.6 Å². The van der Waals surface area contributed by atoms with Gasteiger partial charge in [-0.1, -0.05) is 29.4 Å². The molecule has 0 spiro atoms. The van der Waals surface area contributed by atoms with Gasteiger partial charge in [0.2, 0.25) is 11.7 Å². The maximum Gasteiger partial charge on any atom is 0.259 e. The van der Waals surface area contributed by atoms with E-state index in [0.717, 1.165) is 22.4 Å². The molecular weight excluding hydrogens is 378 g/mol. The number of rotatable bonds is 7. The van der Waals surface area contributed by atoms with Crippen LogP contribution in [0.3, 0.4) is 0 Å². The first-order chi connectivity index (χ1) is 13.4. The minimum atomic E-state index is -0.0178. The van der Waals surface area contributed by atoms with Crippen molar-refractivity contribution in [3.8, 4) is 34.5 Å². The van der Waals surface area contributed by atoms with E-state index in [-0.39, 0.29) is 6.10 Å². The van der Waals surface area contributed by atoms with Gasteiger partial charge in [0.05, 0.1) is 11.7 Å². The molecule has 2 aromatic heterocycles. The zero-order valence-corrected chi connectivity index (χ0v) is 17.1. The van der Waals surface area contributed by atoms with Gasteiger partial charge in [-0.15, -0.1) is 0 Å². The topological polar surface area (TPSA) is 70.3 Å². The van der Waals surface area contributed by atoms with Crippen LogP contribution < -0.4 is 9.47 Å². The van der Waals surface area contributed by atoms with Crippen molar-refractivity contribution in [1.82, 2.24) is 15.1 Å². The zero-order chi connectivity index (χ0) is 20.3. The summed E-state index contributed by atoms with van der Waals surface area (Å²) in [5.41, 5.74) is 3.44. The molecule has 3 rings (SSSR count). The van der Waals surface area contributed by atoms with Crippen molar-refractivity contribution in [2.24, 2.45) is 0 Å². The molecule has 0 saturated carbocycles. The fourth-order valence-corrected chi connectivity index (χ4v) is 2.97. The van der Waals surface area contributed by atoms with Crippen LogP contribution in [0.25, 0.3) is 22.8 Å². The molecule has 0 radical (unpaired) electrons. The van der Waals surface area contributed by atoms with E-state index in [4.69, 9.17) is 25.6 Å². The summed E-state index contributed by atoms with van der Waals surface area (Å²) in [4.78, 5) is 8.72. The molecule has 2 heterocycles. The lowest BCUT2D eigenvalue weighted by Crippen LogP contribution is -2.07. The number of hydrogen-bond donors (Lipinski definition) is 0. The molecule has 7 heteroatoms. The van der Waals surface area contributed by atoms with E-state index in [9.17, 15) is 0 Å². The quantitative estimate of drug-likeness (QED) is 0.494. The Balaban J connectivity index is 1.88. The highest BCUT2D eigenvalue weighted by Crippen LogP contribution is 2.31. The first-order valence-electron chi connectivity index (χ1n) is 8.90. The number of benzene rings is 1. The van der Waals surface area contributed by atoms with Gasteiger partial charge in [0, 0.05) is 11.8 Å². The van der Waals surface area contributed by atoms with Gasteiger partial charge in [-0.2, -0.15) is 4.98 Å². The highest BCUT2D eigenvalue weighted by molar-refractivity contribution is 6.32. The van der Waals surface area contributed by atoms with Crippen LogP contribution in [-0.2, 0) is 0 Å². The maximum atomic E-state index is 6.25. The second-order valence-electron chi connectivity index (χ2n) is 6.64. The molecule has 0 bridgehead atoms. The van der Waals surface area contributed by atoms with Crippen LogP contribution in [0, 0.1) is 13.8 Å². The smallest absolute Gasteiger partial charge is 0.259 e. The zero-order valence-electron chi connectivity index (χ0n) is 16.3. The Labute approximate surface area is 169 Å². The van der Waals surface area contributed by atoms with Gasteiger partial charge >= 0.3 is 0 Å². The van der Waals surface area contributed by atoms with Crippen molar-refractivity contribution in [1.29, 1.82) is 0 Å². The molecule has 3 aromatic rings. The fourth-order valence-electron chi connectivity index (χ4n) is 2.76. The first-order valence-corrected chi connectivity index (χ1v) is 9.28. The number of ether oxygens (including phenoxy) is 2. The molecule has 146 valence electrons. The standard InChI is InChI=1S/C21H22ClN3O3/c1-6-7-26-18-13(4)8-15(9-14(18)5)19-24-20(28-25-19)16-10-17(22)21(23-11-16)27-12(2)3/h6,8-12H,1,7H2,2-5H3. The van der Waals surface area contributed by atoms with Crippen molar-refractivity contribution in [3.05, 3.63) is 53.2 Å². The minimum absolute atomic E-state index is 0.0178. The molecule has 6 nitrogen and oxygen atoms in total. The molecule has 1 aromatic carbocycles. The molecule has 0 aliphatic heterocycles. The van der Waals surface area contributed by atoms with Crippen LogP contribution in [0.2, 0.25) is 5.02 Å². The summed E-state index contributed by atoms with van der Waals surface area (Å²) in [6.07, 6.45) is 3.30. The third kappa shape index (κ3) is 4.34. The molecule has 0 atom stereocenters. The third-order valence-electron chi connectivity index (χ3n) is 3.89. The highest BCUT2D eigenvalue weighted by atomic mass is 35.5. The van der Waals surface area contributed by atoms with Crippen molar-refractivity contribution < 1.29 is 14.0 Å². The Bertz CT molecular complexity index is 975. The van der Waals surface area contributed by atoms with Crippen molar-refractivity contribution in [3.63, 3.8) is 0 Å². The van der Waals surface area contributed by atoms with Gasteiger partial charge in [-0.25, -0.2) is 4.98 Å². The predicted molar refractivity (Wildman–Crippen MR) is 109 cm³/mol. The molecule has 0 N–H and O–H groups in total. The van der Waals surface area contributed by atoms with E-state index < -0.39 is 0 Å². The van der Waals surface area contributed by atoms with Gasteiger partial charge in [0.1, 0.15) is 17.4 Å². The van der Waals surface area contributed by atoms with Crippen LogP contribution >= 0.6 is 11.6 Å². The van der Waals surface area contributed by atoms with Crippen molar-refractivity contribution in [2.75, 3.05) is 6.61 Å². The summed E-state index contributed by atoms with van der Waals surface area (Å²) < 4.78 is 16.7. The summed E-state index contributed by atoms with van der Waals surface area (Å²) in [6, 6.07) is 5.63. The first kappa shape index (κ1) is 19.9. The molecule has 0 amide bonds. The fraction of sp³-hybridized carbons (Fsp3) is 0.286.